The smallest absolute Gasteiger partial charge is 0.322 e. The van der Waals surface area contributed by atoms with Crippen molar-refractivity contribution in [3.05, 3.63) is 35.0 Å². The molecule has 140 valence electrons. The van der Waals surface area contributed by atoms with Crippen LogP contribution in [0.2, 0.25) is 0 Å². The molecule has 8 heteroatoms. The number of rotatable bonds is 6. The van der Waals surface area contributed by atoms with Gasteiger partial charge in [0.1, 0.15) is 11.5 Å². The zero-order valence-corrected chi connectivity index (χ0v) is 15.4. The normalized spacial score (nSPS) is 19.6. The summed E-state index contributed by atoms with van der Waals surface area (Å²) in [6, 6.07) is 4.46. The number of amides is 3. The molecule has 0 aliphatic carbocycles. The predicted octanol–water partition coefficient (Wildman–Crippen LogP) is 1.14. The lowest BCUT2D eigenvalue weighted by molar-refractivity contribution is -0.126. The van der Waals surface area contributed by atoms with Crippen molar-refractivity contribution in [3.8, 4) is 11.5 Å². The van der Waals surface area contributed by atoms with Crippen molar-refractivity contribution in [2.24, 2.45) is 0 Å². The van der Waals surface area contributed by atoms with Crippen molar-refractivity contribution < 1.29 is 23.8 Å². The second kappa shape index (κ2) is 7.25. The van der Waals surface area contributed by atoms with Crippen molar-refractivity contribution >= 4 is 11.9 Å². The van der Waals surface area contributed by atoms with E-state index >= 15 is 0 Å². The number of hydrogen-bond donors (Lipinski definition) is 1. The summed E-state index contributed by atoms with van der Waals surface area (Å²) in [4.78, 5) is 28.6. The van der Waals surface area contributed by atoms with E-state index in [0.717, 1.165) is 0 Å². The Morgan fingerprint density at radius 2 is 1.96 bits per heavy atom. The number of urea groups is 1. The number of methoxy groups -OCH3 is 3. The van der Waals surface area contributed by atoms with Gasteiger partial charge in [-0.15, -0.1) is 0 Å². The fraction of sp³-hybridized carbons (Fsp3) is 0.444. The Kier molecular flexibility index (Phi) is 5.03. The first-order chi connectivity index (χ1) is 12.5. The van der Waals surface area contributed by atoms with Gasteiger partial charge in [0.15, 0.2) is 0 Å². The van der Waals surface area contributed by atoms with Crippen LogP contribution in [0.3, 0.4) is 0 Å². The number of nitrogens with zero attached hydrogens (tertiary/aromatic N) is 2. The molecule has 1 N–H and O–H groups in total. The fourth-order valence-corrected chi connectivity index (χ4v) is 3.30. The SMILES string of the molecule is COCCN1CC2=C(C1=O)[C@H](c1cc(OC)ccc1OC)NC(=O)N2C. The van der Waals surface area contributed by atoms with E-state index in [0.29, 0.717) is 48.0 Å². The van der Waals surface area contributed by atoms with Crippen LogP contribution in [0.4, 0.5) is 4.79 Å². The number of carbonyl (C=O) groups excluding carboxylic acids is 2. The molecule has 26 heavy (non-hydrogen) atoms. The van der Waals surface area contributed by atoms with Crippen LogP contribution in [-0.4, -0.2) is 69.8 Å². The molecular weight excluding hydrogens is 338 g/mol. The summed E-state index contributed by atoms with van der Waals surface area (Å²) in [6.45, 7) is 1.28. The maximum absolute atomic E-state index is 13.0. The van der Waals surface area contributed by atoms with Crippen LogP contribution < -0.4 is 14.8 Å². The Bertz CT molecular complexity index is 761. The third kappa shape index (κ3) is 2.96. The highest BCUT2D eigenvalue weighted by Gasteiger charge is 2.43. The maximum atomic E-state index is 13.0. The molecule has 0 fully saturated rings. The van der Waals surface area contributed by atoms with Crippen molar-refractivity contribution in [2.45, 2.75) is 6.04 Å². The lowest BCUT2D eigenvalue weighted by Crippen LogP contribution is -2.45. The molecule has 3 rings (SSSR count). The first-order valence-corrected chi connectivity index (χ1v) is 8.29. The number of nitrogens with one attached hydrogen (secondary N) is 1. The summed E-state index contributed by atoms with van der Waals surface area (Å²) >= 11 is 0. The molecule has 3 amide bonds. The van der Waals surface area contributed by atoms with E-state index in [1.165, 1.54) is 4.90 Å². The van der Waals surface area contributed by atoms with Gasteiger partial charge in [-0.05, 0) is 18.2 Å². The van der Waals surface area contributed by atoms with Gasteiger partial charge in [-0.1, -0.05) is 0 Å². The van der Waals surface area contributed by atoms with Crippen LogP contribution in [0.15, 0.2) is 29.5 Å². The lowest BCUT2D eigenvalue weighted by atomic mass is 9.94. The van der Waals surface area contributed by atoms with E-state index in [-0.39, 0.29) is 11.9 Å². The van der Waals surface area contributed by atoms with Gasteiger partial charge in [0.25, 0.3) is 5.91 Å². The Morgan fingerprint density at radius 3 is 2.62 bits per heavy atom. The third-order valence-electron chi connectivity index (χ3n) is 4.75. The highest BCUT2D eigenvalue weighted by Crippen LogP contribution is 2.40. The Hall–Kier alpha value is -2.74. The summed E-state index contributed by atoms with van der Waals surface area (Å²) < 4.78 is 15.8. The van der Waals surface area contributed by atoms with Crippen LogP contribution in [0.25, 0.3) is 0 Å². The van der Waals surface area contributed by atoms with E-state index in [1.54, 1.807) is 51.5 Å². The Morgan fingerprint density at radius 1 is 1.19 bits per heavy atom. The number of carbonyl (C=O) groups is 2. The Balaban J connectivity index is 2.05. The summed E-state index contributed by atoms with van der Waals surface area (Å²) in [6.07, 6.45) is 0. The molecular formula is C18H23N3O5. The maximum Gasteiger partial charge on any atom is 0.322 e. The van der Waals surface area contributed by atoms with Gasteiger partial charge in [0.2, 0.25) is 0 Å². The van der Waals surface area contributed by atoms with Gasteiger partial charge in [0.05, 0.1) is 44.7 Å². The Labute approximate surface area is 152 Å². The van der Waals surface area contributed by atoms with Gasteiger partial charge in [-0.3, -0.25) is 9.69 Å². The van der Waals surface area contributed by atoms with E-state index < -0.39 is 6.04 Å². The average Bonchev–Trinajstić information content (AvgIpc) is 2.99. The summed E-state index contributed by atoms with van der Waals surface area (Å²) in [5.74, 6) is 1.09. The van der Waals surface area contributed by atoms with Crippen molar-refractivity contribution in [1.82, 2.24) is 15.1 Å². The molecule has 0 unspecified atom stereocenters. The third-order valence-corrected chi connectivity index (χ3v) is 4.75. The minimum Gasteiger partial charge on any atom is -0.497 e. The van der Waals surface area contributed by atoms with Gasteiger partial charge in [0, 0.05) is 26.3 Å². The first-order valence-electron chi connectivity index (χ1n) is 8.29. The number of likely N-dealkylation sites (N-methyl/N-ethyl adjacent to an activating group) is 1. The van der Waals surface area contributed by atoms with E-state index in [2.05, 4.69) is 5.32 Å². The van der Waals surface area contributed by atoms with Crippen LogP contribution in [-0.2, 0) is 9.53 Å². The van der Waals surface area contributed by atoms with Crippen LogP contribution in [0, 0.1) is 0 Å². The van der Waals surface area contributed by atoms with E-state index in [1.807, 2.05) is 0 Å². The van der Waals surface area contributed by atoms with E-state index in [9.17, 15) is 9.59 Å². The minimum absolute atomic E-state index is 0.112. The standard InChI is InChI=1S/C18H23N3O5/c1-20-13-10-21(7-8-24-2)17(22)15(13)16(19-18(20)23)12-9-11(25-3)5-6-14(12)26-4/h5-6,9,16H,7-8,10H2,1-4H3,(H,19,23)/t16-/m0/s1. The molecule has 0 aromatic heterocycles. The second-order valence-electron chi connectivity index (χ2n) is 6.13. The lowest BCUT2D eigenvalue weighted by Gasteiger charge is -2.31. The topological polar surface area (TPSA) is 80.3 Å². The van der Waals surface area contributed by atoms with Crippen molar-refractivity contribution in [1.29, 1.82) is 0 Å². The molecule has 1 aromatic rings. The van der Waals surface area contributed by atoms with Crippen LogP contribution in [0.5, 0.6) is 11.5 Å². The molecule has 8 nitrogen and oxygen atoms in total. The second-order valence-corrected chi connectivity index (χ2v) is 6.13. The number of ether oxygens (including phenoxy) is 3. The number of hydrogen-bond acceptors (Lipinski definition) is 5. The molecule has 0 spiro atoms. The van der Waals surface area contributed by atoms with Crippen molar-refractivity contribution in [3.63, 3.8) is 0 Å². The van der Waals surface area contributed by atoms with E-state index in [4.69, 9.17) is 14.2 Å². The van der Waals surface area contributed by atoms with Crippen LogP contribution >= 0.6 is 0 Å². The van der Waals surface area contributed by atoms with Crippen molar-refractivity contribution in [2.75, 3.05) is 48.1 Å². The first kappa shape index (κ1) is 18.1. The zero-order valence-electron chi connectivity index (χ0n) is 15.4. The molecule has 0 bridgehead atoms. The average molecular weight is 361 g/mol. The monoisotopic (exact) mass is 361 g/mol. The zero-order chi connectivity index (χ0) is 18.8. The highest BCUT2D eigenvalue weighted by molar-refractivity contribution is 6.01. The largest absolute Gasteiger partial charge is 0.497 e. The molecule has 1 atom stereocenters. The molecule has 2 heterocycles. The quantitative estimate of drug-likeness (QED) is 0.822. The number of benzene rings is 1. The predicted molar refractivity (Wildman–Crippen MR) is 94.1 cm³/mol. The molecule has 1 aromatic carbocycles. The summed E-state index contributed by atoms with van der Waals surface area (Å²) in [5, 5.41) is 2.90. The van der Waals surface area contributed by atoms with Gasteiger partial charge in [-0.2, -0.15) is 0 Å². The summed E-state index contributed by atoms with van der Waals surface area (Å²) in [5.41, 5.74) is 1.93. The molecule has 2 aliphatic heterocycles. The minimum atomic E-state index is -0.598. The van der Waals surface area contributed by atoms with Gasteiger partial charge < -0.3 is 24.4 Å². The molecule has 0 saturated carbocycles. The fourth-order valence-electron chi connectivity index (χ4n) is 3.30. The molecule has 2 aliphatic rings. The van der Waals surface area contributed by atoms with Crippen LogP contribution in [0.1, 0.15) is 11.6 Å². The highest BCUT2D eigenvalue weighted by atomic mass is 16.5. The van der Waals surface area contributed by atoms with Gasteiger partial charge in [-0.25, -0.2) is 4.79 Å². The van der Waals surface area contributed by atoms with Gasteiger partial charge >= 0.3 is 6.03 Å². The molecule has 0 radical (unpaired) electrons. The summed E-state index contributed by atoms with van der Waals surface area (Å²) in [7, 11) is 6.38. The molecule has 0 saturated heterocycles.